The van der Waals surface area contributed by atoms with Gasteiger partial charge in [-0.25, -0.2) is 0 Å². The van der Waals surface area contributed by atoms with E-state index >= 15 is 0 Å². The van der Waals surface area contributed by atoms with Gasteiger partial charge in [-0.3, -0.25) is 14.5 Å². The molecule has 1 aliphatic carbocycles. The van der Waals surface area contributed by atoms with Crippen molar-refractivity contribution >= 4 is 11.9 Å². The van der Waals surface area contributed by atoms with E-state index in [2.05, 4.69) is 21.9 Å². The lowest BCUT2D eigenvalue weighted by molar-refractivity contribution is -0.140. The van der Waals surface area contributed by atoms with Gasteiger partial charge in [0.15, 0.2) is 0 Å². The average Bonchev–Trinajstić information content (AvgIpc) is 3.44. The van der Waals surface area contributed by atoms with Crippen LogP contribution in [0.5, 0.6) is 0 Å². The fourth-order valence-corrected chi connectivity index (χ4v) is 4.74. The molecule has 5 nitrogen and oxygen atoms in total. The number of carboxylic acid groups (broad SMARTS) is 1. The standard InChI is InChI=1S/C21H28N2O3/c24-19-8-10-21(15-23(19)18-6-7-18)9-1-11-22(14-21)13-17-4-2-16(3-5-17)12-20(25)26/h2-5,18H,1,6-15H2,(H,25,26)/t21-/m1/s1. The molecule has 3 fully saturated rings. The maximum absolute atomic E-state index is 12.3. The van der Waals surface area contributed by atoms with E-state index < -0.39 is 5.97 Å². The van der Waals surface area contributed by atoms with Gasteiger partial charge >= 0.3 is 5.97 Å². The highest BCUT2D eigenvalue weighted by Gasteiger charge is 2.45. The average molecular weight is 356 g/mol. The molecule has 140 valence electrons. The third-order valence-electron chi connectivity index (χ3n) is 6.21. The number of piperidine rings is 2. The number of hydrogen-bond acceptors (Lipinski definition) is 3. The normalized spacial score (nSPS) is 27.1. The van der Waals surface area contributed by atoms with Gasteiger partial charge in [0.1, 0.15) is 0 Å². The van der Waals surface area contributed by atoms with Crippen molar-refractivity contribution in [2.24, 2.45) is 5.41 Å². The molecule has 1 aromatic rings. The lowest BCUT2D eigenvalue weighted by atomic mass is 9.73. The molecule has 1 saturated carbocycles. The van der Waals surface area contributed by atoms with Crippen molar-refractivity contribution in [1.82, 2.24) is 9.80 Å². The van der Waals surface area contributed by atoms with Crippen LogP contribution in [0.3, 0.4) is 0 Å². The molecule has 0 aromatic heterocycles. The lowest BCUT2D eigenvalue weighted by Gasteiger charge is -2.48. The van der Waals surface area contributed by atoms with Crippen molar-refractivity contribution < 1.29 is 14.7 Å². The van der Waals surface area contributed by atoms with Gasteiger partial charge in [0.2, 0.25) is 5.91 Å². The second kappa shape index (κ2) is 7.03. The summed E-state index contributed by atoms with van der Waals surface area (Å²) in [6, 6.07) is 8.49. The molecule has 3 aliphatic rings. The maximum Gasteiger partial charge on any atom is 0.307 e. The molecule has 1 aromatic carbocycles. The van der Waals surface area contributed by atoms with Crippen LogP contribution in [-0.2, 0) is 22.6 Å². The summed E-state index contributed by atoms with van der Waals surface area (Å²) in [5, 5.41) is 8.89. The van der Waals surface area contributed by atoms with Gasteiger partial charge in [-0.1, -0.05) is 24.3 Å². The van der Waals surface area contributed by atoms with E-state index in [1.807, 2.05) is 12.1 Å². The van der Waals surface area contributed by atoms with Crippen LogP contribution < -0.4 is 0 Å². The third-order valence-corrected chi connectivity index (χ3v) is 6.21. The van der Waals surface area contributed by atoms with E-state index in [1.54, 1.807) is 0 Å². The molecular formula is C21H28N2O3. The number of rotatable bonds is 5. The third kappa shape index (κ3) is 3.93. The van der Waals surface area contributed by atoms with Crippen LogP contribution in [0.15, 0.2) is 24.3 Å². The molecule has 2 heterocycles. The Morgan fingerprint density at radius 2 is 1.85 bits per heavy atom. The fraction of sp³-hybridized carbons (Fsp3) is 0.619. The van der Waals surface area contributed by atoms with Crippen LogP contribution >= 0.6 is 0 Å². The van der Waals surface area contributed by atoms with E-state index in [9.17, 15) is 9.59 Å². The van der Waals surface area contributed by atoms with Crippen LogP contribution in [0.4, 0.5) is 0 Å². The van der Waals surface area contributed by atoms with E-state index in [0.29, 0.717) is 18.4 Å². The summed E-state index contributed by atoms with van der Waals surface area (Å²) in [4.78, 5) is 27.8. The number of likely N-dealkylation sites (tertiary alicyclic amines) is 2. The Labute approximate surface area is 155 Å². The maximum atomic E-state index is 12.3. The fourth-order valence-electron chi connectivity index (χ4n) is 4.74. The molecular weight excluding hydrogens is 328 g/mol. The summed E-state index contributed by atoms with van der Waals surface area (Å²) in [6.07, 6.45) is 6.64. The first-order valence-corrected chi connectivity index (χ1v) is 9.84. The zero-order valence-corrected chi connectivity index (χ0v) is 15.3. The van der Waals surface area contributed by atoms with Crippen molar-refractivity contribution in [2.75, 3.05) is 19.6 Å². The topological polar surface area (TPSA) is 60.9 Å². The van der Waals surface area contributed by atoms with Crippen LogP contribution in [0.25, 0.3) is 0 Å². The SMILES string of the molecule is O=C(O)Cc1ccc(CN2CCC[C@@]3(CCC(=O)N(C4CC4)C3)C2)cc1. The first-order chi connectivity index (χ1) is 12.5. The number of nitrogens with zero attached hydrogens (tertiary/aromatic N) is 2. The Bertz CT molecular complexity index is 683. The molecule has 0 unspecified atom stereocenters. The van der Waals surface area contributed by atoms with E-state index in [4.69, 9.17) is 5.11 Å². The molecule has 0 radical (unpaired) electrons. The molecule has 4 rings (SSSR count). The minimum absolute atomic E-state index is 0.0815. The van der Waals surface area contributed by atoms with Gasteiger partial charge in [0, 0.05) is 37.5 Å². The summed E-state index contributed by atoms with van der Waals surface area (Å²) in [6.45, 7) is 4.04. The van der Waals surface area contributed by atoms with Gasteiger partial charge in [-0.15, -0.1) is 0 Å². The zero-order valence-electron chi connectivity index (χ0n) is 15.3. The molecule has 26 heavy (non-hydrogen) atoms. The van der Waals surface area contributed by atoms with Crippen molar-refractivity contribution in [2.45, 2.75) is 57.5 Å². The lowest BCUT2D eigenvalue weighted by Crippen LogP contribution is -2.54. The van der Waals surface area contributed by atoms with Crippen LogP contribution in [0, 0.1) is 5.41 Å². The summed E-state index contributed by atoms with van der Waals surface area (Å²) in [5.41, 5.74) is 2.36. The quantitative estimate of drug-likeness (QED) is 0.881. The number of hydrogen-bond donors (Lipinski definition) is 1. The molecule has 1 amide bonds. The molecule has 0 bridgehead atoms. The van der Waals surface area contributed by atoms with Crippen molar-refractivity contribution in [3.05, 3.63) is 35.4 Å². The van der Waals surface area contributed by atoms with Crippen LogP contribution in [0.1, 0.15) is 49.7 Å². The molecule has 1 atom stereocenters. The van der Waals surface area contributed by atoms with E-state index in [1.165, 1.54) is 31.2 Å². The molecule has 2 saturated heterocycles. The van der Waals surface area contributed by atoms with E-state index in [0.717, 1.165) is 38.2 Å². The Morgan fingerprint density at radius 1 is 1.12 bits per heavy atom. The molecule has 5 heteroatoms. The number of carboxylic acids is 1. The summed E-state index contributed by atoms with van der Waals surface area (Å²) in [7, 11) is 0. The highest BCUT2D eigenvalue weighted by atomic mass is 16.4. The van der Waals surface area contributed by atoms with E-state index in [-0.39, 0.29) is 11.8 Å². The predicted molar refractivity (Wildman–Crippen MR) is 98.7 cm³/mol. The second-order valence-corrected chi connectivity index (χ2v) is 8.45. The van der Waals surface area contributed by atoms with Gasteiger partial charge in [-0.2, -0.15) is 0 Å². The van der Waals surface area contributed by atoms with Crippen molar-refractivity contribution in [3.8, 4) is 0 Å². The first-order valence-electron chi connectivity index (χ1n) is 9.84. The zero-order chi connectivity index (χ0) is 18.1. The predicted octanol–water partition coefficient (Wildman–Crippen LogP) is 2.68. The Kier molecular flexibility index (Phi) is 4.74. The molecule has 1 spiro atoms. The monoisotopic (exact) mass is 356 g/mol. The largest absolute Gasteiger partial charge is 0.481 e. The Morgan fingerprint density at radius 3 is 2.54 bits per heavy atom. The van der Waals surface area contributed by atoms with Crippen molar-refractivity contribution in [1.29, 1.82) is 0 Å². The minimum Gasteiger partial charge on any atom is -0.481 e. The number of amides is 1. The molecule has 1 N–H and O–H groups in total. The van der Waals surface area contributed by atoms with Gasteiger partial charge in [-0.05, 0) is 49.8 Å². The number of benzene rings is 1. The first kappa shape index (κ1) is 17.5. The highest BCUT2D eigenvalue weighted by Crippen LogP contribution is 2.42. The second-order valence-electron chi connectivity index (χ2n) is 8.45. The Hall–Kier alpha value is -1.88. The summed E-state index contributed by atoms with van der Waals surface area (Å²) >= 11 is 0. The van der Waals surface area contributed by atoms with Crippen molar-refractivity contribution in [3.63, 3.8) is 0 Å². The molecule has 2 aliphatic heterocycles. The number of carbonyl (C=O) groups excluding carboxylic acids is 1. The highest BCUT2D eigenvalue weighted by molar-refractivity contribution is 5.78. The summed E-state index contributed by atoms with van der Waals surface area (Å²) < 4.78 is 0. The van der Waals surface area contributed by atoms with Gasteiger partial charge in [0.25, 0.3) is 0 Å². The van der Waals surface area contributed by atoms with Gasteiger partial charge < -0.3 is 10.0 Å². The van der Waals surface area contributed by atoms with Crippen LogP contribution in [-0.4, -0.2) is 52.5 Å². The van der Waals surface area contributed by atoms with Gasteiger partial charge in [0.05, 0.1) is 6.42 Å². The van der Waals surface area contributed by atoms with Crippen LogP contribution in [0.2, 0.25) is 0 Å². The Balaban J connectivity index is 1.39. The number of aliphatic carboxylic acids is 1. The summed E-state index contributed by atoms with van der Waals surface area (Å²) in [5.74, 6) is -0.424. The smallest absolute Gasteiger partial charge is 0.307 e. The number of carbonyl (C=O) groups is 2. The minimum atomic E-state index is -0.789.